The average molecular weight is 286 g/mol. The maximum absolute atomic E-state index is 12.4. The molecule has 2 heterocycles. The zero-order valence-electron chi connectivity index (χ0n) is 9.91. The average Bonchev–Trinajstić information content (AvgIpc) is 2.87. The van der Waals surface area contributed by atoms with E-state index >= 15 is 0 Å². The number of aromatic nitrogens is 3. The fourth-order valence-corrected chi connectivity index (χ4v) is 1.47. The zero-order valence-corrected chi connectivity index (χ0v) is 9.91. The molecule has 0 bridgehead atoms. The van der Waals surface area contributed by atoms with E-state index in [1.54, 1.807) is 11.1 Å². The van der Waals surface area contributed by atoms with Crippen LogP contribution < -0.4 is 10.9 Å². The summed E-state index contributed by atoms with van der Waals surface area (Å²) in [5.74, 6) is -0.769. The number of hydrogen-bond donors (Lipinski definition) is 3. The van der Waals surface area contributed by atoms with Gasteiger partial charge >= 0.3 is 6.18 Å². The SMILES string of the molecule is O=C(NCc1ccn[nH]1)c1ccc(C(F)(F)F)[nH]c1=O. The second-order valence-electron chi connectivity index (χ2n) is 3.88. The largest absolute Gasteiger partial charge is 0.431 e. The van der Waals surface area contributed by atoms with Crippen LogP contribution in [0.4, 0.5) is 13.2 Å². The molecule has 0 aliphatic carbocycles. The molecule has 106 valence electrons. The van der Waals surface area contributed by atoms with Crippen molar-refractivity contribution in [3.63, 3.8) is 0 Å². The first-order chi connectivity index (χ1) is 9.38. The first kappa shape index (κ1) is 13.8. The van der Waals surface area contributed by atoms with E-state index in [2.05, 4.69) is 15.5 Å². The van der Waals surface area contributed by atoms with Crippen LogP contribution >= 0.6 is 0 Å². The first-order valence-corrected chi connectivity index (χ1v) is 5.45. The Morgan fingerprint density at radius 1 is 1.30 bits per heavy atom. The molecule has 2 aromatic heterocycles. The highest BCUT2D eigenvalue weighted by Gasteiger charge is 2.32. The predicted octanol–water partition coefficient (Wildman–Crippen LogP) is 1.05. The number of alkyl halides is 3. The fourth-order valence-electron chi connectivity index (χ4n) is 1.47. The van der Waals surface area contributed by atoms with Gasteiger partial charge in [0, 0.05) is 6.20 Å². The van der Waals surface area contributed by atoms with E-state index in [9.17, 15) is 22.8 Å². The summed E-state index contributed by atoms with van der Waals surface area (Å²) in [5, 5.41) is 8.64. The monoisotopic (exact) mass is 286 g/mol. The number of carbonyl (C=O) groups excluding carboxylic acids is 1. The van der Waals surface area contributed by atoms with Crippen molar-refractivity contribution in [2.45, 2.75) is 12.7 Å². The smallest absolute Gasteiger partial charge is 0.346 e. The number of carbonyl (C=O) groups is 1. The van der Waals surface area contributed by atoms with Gasteiger partial charge in [-0.2, -0.15) is 18.3 Å². The number of aromatic amines is 2. The normalized spacial score (nSPS) is 11.3. The third-order valence-corrected chi connectivity index (χ3v) is 2.46. The van der Waals surface area contributed by atoms with E-state index in [0.717, 1.165) is 6.07 Å². The van der Waals surface area contributed by atoms with Crippen molar-refractivity contribution in [1.29, 1.82) is 0 Å². The minimum atomic E-state index is -4.66. The maximum atomic E-state index is 12.4. The van der Waals surface area contributed by atoms with Gasteiger partial charge in [0.25, 0.3) is 11.5 Å². The van der Waals surface area contributed by atoms with E-state index in [0.29, 0.717) is 11.8 Å². The second kappa shape index (κ2) is 5.19. The Kier molecular flexibility index (Phi) is 3.59. The lowest BCUT2D eigenvalue weighted by Gasteiger charge is -2.07. The molecular formula is C11H9F3N4O2. The number of nitrogens with zero attached hydrogens (tertiary/aromatic N) is 1. The molecule has 2 aromatic rings. The standard InChI is InChI=1S/C11H9F3N4O2/c12-11(13,14)8-2-1-7(10(20)17-8)9(19)15-5-6-3-4-16-18-6/h1-4H,5H2,(H,15,19)(H,16,18)(H,17,20). The molecule has 0 aromatic carbocycles. The van der Waals surface area contributed by atoms with Crippen molar-refractivity contribution >= 4 is 5.91 Å². The van der Waals surface area contributed by atoms with Gasteiger partial charge in [-0.05, 0) is 18.2 Å². The molecule has 0 aliphatic heterocycles. The second-order valence-corrected chi connectivity index (χ2v) is 3.88. The molecule has 0 fully saturated rings. The molecule has 6 nitrogen and oxygen atoms in total. The van der Waals surface area contributed by atoms with E-state index in [1.165, 1.54) is 6.20 Å². The van der Waals surface area contributed by atoms with Crippen LogP contribution in [0.1, 0.15) is 21.7 Å². The van der Waals surface area contributed by atoms with Crippen LogP contribution in [0.2, 0.25) is 0 Å². The summed E-state index contributed by atoms with van der Waals surface area (Å²) < 4.78 is 37.1. The Morgan fingerprint density at radius 2 is 2.05 bits per heavy atom. The first-order valence-electron chi connectivity index (χ1n) is 5.45. The van der Waals surface area contributed by atoms with Crippen LogP contribution in [0.5, 0.6) is 0 Å². The molecule has 0 saturated heterocycles. The van der Waals surface area contributed by atoms with Gasteiger partial charge in [0.2, 0.25) is 0 Å². The minimum absolute atomic E-state index is 0.0826. The van der Waals surface area contributed by atoms with E-state index in [4.69, 9.17) is 0 Å². The Balaban J connectivity index is 2.13. The quantitative estimate of drug-likeness (QED) is 0.787. The third-order valence-electron chi connectivity index (χ3n) is 2.46. The lowest BCUT2D eigenvalue weighted by atomic mass is 10.2. The number of hydrogen-bond acceptors (Lipinski definition) is 3. The Labute approximate surface area is 110 Å². The van der Waals surface area contributed by atoms with E-state index in [-0.39, 0.29) is 6.54 Å². The molecule has 0 aliphatic rings. The van der Waals surface area contributed by atoms with Crippen molar-refractivity contribution in [3.8, 4) is 0 Å². The van der Waals surface area contributed by atoms with Crippen molar-refractivity contribution in [2.24, 2.45) is 0 Å². The lowest BCUT2D eigenvalue weighted by molar-refractivity contribution is -0.141. The van der Waals surface area contributed by atoms with Crippen molar-refractivity contribution in [3.05, 3.63) is 51.7 Å². The molecule has 3 N–H and O–H groups in total. The summed E-state index contributed by atoms with van der Waals surface area (Å²) >= 11 is 0. The van der Waals surface area contributed by atoms with Crippen LogP contribution in [-0.2, 0) is 12.7 Å². The van der Waals surface area contributed by atoms with Gasteiger partial charge in [0.15, 0.2) is 0 Å². The number of H-pyrrole nitrogens is 2. The lowest BCUT2D eigenvalue weighted by Crippen LogP contribution is -2.30. The summed E-state index contributed by atoms with van der Waals surface area (Å²) in [6.45, 7) is 0.0826. The molecule has 0 spiro atoms. The Hall–Kier alpha value is -2.58. The van der Waals surface area contributed by atoms with E-state index in [1.807, 2.05) is 0 Å². The number of halogens is 3. The van der Waals surface area contributed by atoms with Crippen LogP contribution in [0.3, 0.4) is 0 Å². The van der Waals surface area contributed by atoms with Gasteiger partial charge in [-0.15, -0.1) is 0 Å². The summed E-state index contributed by atoms with van der Waals surface area (Å²) in [6.07, 6.45) is -3.18. The van der Waals surface area contributed by atoms with Crippen LogP contribution in [-0.4, -0.2) is 21.1 Å². The van der Waals surface area contributed by atoms with Gasteiger partial charge in [-0.3, -0.25) is 14.7 Å². The topological polar surface area (TPSA) is 90.6 Å². The van der Waals surface area contributed by atoms with Crippen LogP contribution in [0.15, 0.2) is 29.2 Å². The molecule has 2 rings (SSSR count). The zero-order chi connectivity index (χ0) is 14.8. The molecule has 20 heavy (non-hydrogen) atoms. The molecule has 0 unspecified atom stereocenters. The summed E-state index contributed by atoms with van der Waals surface area (Å²) in [5.41, 5.74) is -2.09. The molecular weight excluding hydrogens is 277 g/mol. The number of pyridine rings is 1. The highest BCUT2D eigenvalue weighted by molar-refractivity contribution is 5.93. The third kappa shape index (κ3) is 3.05. The van der Waals surface area contributed by atoms with Crippen molar-refractivity contribution < 1.29 is 18.0 Å². The van der Waals surface area contributed by atoms with Crippen LogP contribution in [0.25, 0.3) is 0 Å². The summed E-state index contributed by atoms with van der Waals surface area (Å²) in [4.78, 5) is 24.8. The van der Waals surface area contributed by atoms with Crippen LogP contribution in [0, 0.1) is 0 Å². The van der Waals surface area contributed by atoms with Crippen molar-refractivity contribution in [2.75, 3.05) is 0 Å². The number of nitrogens with one attached hydrogen (secondary N) is 3. The minimum Gasteiger partial charge on any atom is -0.346 e. The Morgan fingerprint density at radius 3 is 2.60 bits per heavy atom. The predicted molar refractivity (Wildman–Crippen MR) is 61.8 cm³/mol. The summed E-state index contributed by atoms with van der Waals surface area (Å²) in [6, 6.07) is 3.09. The highest BCUT2D eigenvalue weighted by atomic mass is 19.4. The molecule has 9 heteroatoms. The number of amides is 1. The fraction of sp³-hybridized carbons (Fsp3) is 0.182. The van der Waals surface area contributed by atoms with Gasteiger partial charge < -0.3 is 10.3 Å². The van der Waals surface area contributed by atoms with Gasteiger partial charge in [-0.25, -0.2) is 0 Å². The van der Waals surface area contributed by atoms with Gasteiger partial charge in [-0.1, -0.05) is 0 Å². The van der Waals surface area contributed by atoms with Gasteiger partial charge in [0.05, 0.1) is 12.2 Å². The Bertz CT molecular complexity index is 661. The molecule has 1 amide bonds. The maximum Gasteiger partial charge on any atom is 0.431 e. The molecule has 0 atom stereocenters. The summed E-state index contributed by atoms with van der Waals surface area (Å²) in [7, 11) is 0. The number of rotatable bonds is 3. The highest BCUT2D eigenvalue weighted by Crippen LogP contribution is 2.26. The molecule has 0 radical (unpaired) electrons. The molecule has 0 saturated carbocycles. The van der Waals surface area contributed by atoms with E-state index < -0.39 is 28.9 Å². The van der Waals surface area contributed by atoms with Gasteiger partial charge in [0.1, 0.15) is 11.3 Å². The van der Waals surface area contributed by atoms with Crippen molar-refractivity contribution in [1.82, 2.24) is 20.5 Å².